The highest BCUT2D eigenvalue weighted by Gasteiger charge is 2.35. The monoisotopic (exact) mass is 258 g/mol. The highest BCUT2D eigenvalue weighted by molar-refractivity contribution is 7.92. The molecule has 1 aliphatic rings. The van der Waals surface area contributed by atoms with Crippen LogP contribution in [0.5, 0.6) is 0 Å². The van der Waals surface area contributed by atoms with Crippen LogP contribution in [-0.4, -0.2) is 24.3 Å². The molecule has 0 bridgehead atoms. The van der Waals surface area contributed by atoms with Crippen LogP contribution in [0.15, 0.2) is 17.4 Å². The summed E-state index contributed by atoms with van der Waals surface area (Å²) in [5.74, 6) is 0. The van der Waals surface area contributed by atoms with E-state index < -0.39 is 10.0 Å². The van der Waals surface area contributed by atoms with Gasteiger partial charge in [0.2, 0.25) is 10.0 Å². The fourth-order valence-electron chi connectivity index (χ4n) is 1.91. The third kappa shape index (κ3) is 2.05. The van der Waals surface area contributed by atoms with Crippen molar-refractivity contribution >= 4 is 21.4 Å². The molecule has 0 radical (unpaired) electrons. The number of rotatable bonds is 3. The smallest absolute Gasteiger partial charge is 0.236 e. The zero-order chi connectivity index (χ0) is 11.8. The molecule has 88 valence electrons. The summed E-state index contributed by atoms with van der Waals surface area (Å²) in [6.45, 7) is 5.85. The number of nitrogens with zero attached hydrogens (tertiary/aromatic N) is 2. The molecule has 6 heteroatoms. The van der Waals surface area contributed by atoms with E-state index in [1.165, 1.54) is 15.6 Å². The molecule has 0 spiro atoms. The molecular formula is C10H14N2O2S2. The number of aryl methyl sites for hydroxylation is 1. The molecule has 0 aliphatic carbocycles. The molecule has 0 N–H and O–H groups in total. The molecule has 1 atom stereocenters. The van der Waals surface area contributed by atoms with Crippen LogP contribution in [0.2, 0.25) is 0 Å². The van der Waals surface area contributed by atoms with Gasteiger partial charge in [0.15, 0.2) is 0 Å². The Labute approximate surface area is 99.7 Å². The van der Waals surface area contributed by atoms with Gasteiger partial charge in [-0.2, -0.15) is 4.31 Å². The van der Waals surface area contributed by atoms with Crippen LogP contribution in [0.4, 0.5) is 0 Å². The molecule has 1 unspecified atom stereocenters. The van der Waals surface area contributed by atoms with Gasteiger partial charge in [-0.1, -0.05) is 6.58 Å². The molecule has 0 amide bonds. The second-order valence-electron chi connectivity index (χ2n) is 3.81. The predicted octanol–water partition coefficient (Wildman–Crippen LogP) is 2.06. The van der Waals surface area contributed by atoms with Crippen molar-refractivity contribution in [1.29, 1.82) is 0 Å². The maximum Gasteiger partial charge on any atom is 0.236 e. The van der Waals surface area contributed by atoms with E-state index in [9.17, 15) is 8.42 Å². The fourth-order valence-corrected chi connectivity index (χ4v) is 4.06. The predicted molar refractivity (Wildman–Crippen MR) is 64.6 cm³/mol. The van der Waals surface area contributed by atoms with Gasteiger partial charge in [0.25, 0.3) is 0 Å². The van der Waals surface area contributed by atoms with Crippen LogP contribution >= 0.6 is 11.3 Å². The molecule has 1 aliphatic heterocycles. The molecular weight excluding hydrogens is 244 g/mol. The molecule has 1 saturated heterocycles. The second-order valence-corrected chi connectivity index (χ2v) is 6.53. The minimum absolute atomic E-state index is 0.0956. The van der Waals surface area contributed by atoms with Crippen molar-refractivity contribution in [2.75, 3.05) is 6.54 Å². The first-order valence-electron chi connectivity index (χ1n) is 5.11. The van der Waals surface area contributed by atoms with Crippen LogP contribution in [0.1, 0.15) is 29.6 Å². The Bertz CT molecular complexity index is 493. The van der Waals surface area contributed by atoms with Crippen molar-refractivity contribution in [3.05, 3.63) is 28.1 Å². The van der Waals surface area contributed by atoms with Gasteiger partial charge in [-0.15, -0.1) is 11.3 Å². The van der Waals surface area contributed by atoms with E-state index in [1.54, 1.807) is 0 Å². The first-order chi connectivity index (χ1) is 7.54. The molecule has 0 saturated carbocycles. The molecule has 16 heavy (non-hydrogen) atoms. The Morgan fingerprint density at radius 3 is 3.00 bits per heavy atom. The molecule has 1 aromatic rings. The van der Waals surface area contributed by atoms with Gasteiger partial charge in [0.05, 0.1) is 6.04 Å². The summed E-state index contributed by atoms with van der Waals surface area (Å²) in [6.07, 6.45) is 1.73. The summed E-state index contributed by atoms with van der Waals surface area (Å²) in [6, 6.07) is -0.0956. The average Bonchev–Trinajstić information content (AvgIpc) is 2.85. The molecule has 2 heterocycles. The van der Waals surface area contributed by atoms with E-state index in [2.05, 4.69) is 11.6 Å². The molecule has 1 aromatic heterocycles. The summed E-state index contributed by atoms with van der Waals surface area (Å²) in [5, 5.41) is 3.86. The van der Waals surface area contributed by atoms with Crippen LogP contribution in [0, 0.1) is 6.92 Å². The van der Waals surface area contributed by atoms with Crippen molar-refractivity contribution in [2.45, 2.75) is 25.8 Å². The Morgan fingerprint density at radius 1 is 1.69 bits per heavy atom. The third-order valence-electron chi connectivity index (χ3n) is 2.66. The van der Waals surface area contributed by atoms with Crippen molar-refractivity contribution in [2.24, 2.45) is 0 Å². The van der Waals surface area contributed by atoms with E-state index in [4.69, 9.17) is 0 Å². The van der Waals surface area contributed by atoms with E-state index in [0.29, 0.717) is 6.54 Å². The zero-order valence-electron chi connectivity index (χ0n) is 9.09. The van der Waals surface area contributed by atoms with Crippen molar-refractivity contribution in [3.8, 4) is 0 Å². The van der Waals surface area contributed by atoms with Crippen LogP contribution < -0.4 is 0 Å². The fraction of sp³-hybridized carbons (Fsp3) is 0.500. The standard InChI is InChI=1S/C10H14N2O2S2/c1-3-16(13,14)12-6-4-5-9(12)10-11-8(2)7-15-10/h3,7,9H,1,4-6H2,2H3. The van der Waals surface area contributed by atoms with E-state index in [0.717, 1.165) is 29.0 Å². The number of sulfonamides is 1. The van der Waals surface area contributed by atoms with Crippen LogP contribution in [0.3, 0.4) is 0 Å². The normalized spacial score (nSPS) is 22.4. The quantitative estimate of drug-likeness (QED) is 0.834. The zero-order valence-corrected chi connectivity index (χ0v) is 10.7. The van der Waals surface area contributed by atoms with Crippen molar-refractivity contribution in [1.82, 2.24) is 9.29 Å². The van der Waals surface area contributed by atoms with Gasteiger partial charge >= 0.3 is 0 Å². The van der Waals surface area contributed by atoms with Gasteiger partial charge < -0.3 is 0 Å². The number of thiazole rings is 1. The SMILES string of the molecule is C=CS(=O)(=O)N1CCCC1c1nc(C)cs1. The van der Waals surface area contributed by atoms with Gasteiger partial charge in [0, 0.05) is 23.0 Å². The molecule has 0 aromatic carbocycles. The Balaban J connectivity index is 2.32. The molecule has 1 fully saturated rings. The second kappa shape index (κ2) is 4.27. The van der Waals surface area contributed by atoms with Gasteiger partial charge in [0.1, 0.15) is 5.01 Å². The Kier molecular flexibility index (Phi) is 3.14. The van der Waals surface area contributed by atoms with Crippen molar-refractivity contribution < 1.29 is 8.42 Å². The molecule has 2 rings (SSSR count). The molecule has 4 nitrogen and oxygen atoms in total. The van der Waals surface area contributed by atoms with E-state index in [1.807, 2.05) is 12.3 Å². The highest BCUT2D eigenvalue weighted by atomic mass is 32.2. The number of hydrogen-bond acceptors (Lipinski definition) is 4. The summed E-state index contributed by atoms with van der Waals surface area (Å²) < 4.78 is 25.1. The minimum Gasteiger partial charge on any atom is -0.245 e. The Morgan fingerprint density at radius 2 is 2.44 bits per heavy atom. The lowest BCUT2D eigenvalue weighted by Gasteiger charge is -2.20. The van der Waals surface area contributed by atoms with E-state index >= 15 is 0 Å². The summed E-state index contributed by atoms with van der Waals surface area (Å²) in [4.78, 5) is 4.37. The van der Waals surface area contributed by atoms with E-state index in [-0.39, 0.29) is 6.04 Å². The maximum atomic E-state index is 11.8. The largest absolute Gasteiger partial charge is 0.245 e. The maximum absolute atomic E-state index is 11.8. The van der Waals surface area contributed by atoms with Gasteiger partial charge in [-0.3, -0.25) is 0 Å². The minimum atomic E-state index is -3.32. The number of hydrogen-bond donors (Lipinski definition) is 0. The summed E-state index contributed by atoms with van der Waals surface area (Å²) in [5.41, 5.74) is 0.947. The highest BCUT2D eigenvalue weighted by Crippen LogP contribution is 2.35. The average molecular weight is 258 g/mol. The lowest BCUT2D eigenvalue weighted by molar-refractivity contribution is 0.401. The summed E-state index contributed by atoms with van der Waals surface area (Å²) in [7, 11) is -3.32. The van der Waals surface area contributed by atoms with Crippen LogP contribution in [0.25, 0.3) is 0 Å². The lowest BCUT2D eigenvalue weighted by Crippen LogP contribution is -2.28. The topological polar surface area (TPSA) is 50.3 Å². The number of aromatic nitrogens is 1. The van der Waals surface area contributed by atoms with Crippen LogP contribution in [-0.2, 0) is 10.0 Å². The van der Waals surface area contributed by atoms with Crippen molar-refractivity contribution in [3.63, 3.8) is 0 Å². The van der Waals surface area contributed by atoms with Gasteiger partial charge in [-0.25, -0.2) is 13.4 Å². The van der Waals surface area contributed by atoms with Gasteiger partial charge in [-0.05, 0) is 19.8 Å². The first-order valence-corrected chi connectivity index (χ1v) is 7.49. The Hall–Kier alpha value is -0.720. The third-order valence-corrected chi connectivity index (χ3v) is 5.24. The lowest BCUT2D eigenvalue weighted by atomic mass is 10.2. The first kappa shape index (κ1) is 11.8. The summed E-state index contributed by atoms with van der Waals surface area (Å²) >= 11 is 1.53.